The normalized spacial score (nSPS) is 10.1. The van der Waals surface area contributed by atoms with Crippen LogP contribution in [0.15, 0.2) is 54.6 Å². The molecule has 0 atom stereocenters. The van der Waals surface area contributed by atoms with E-state index in [0.29, 0.717) is 18.7 Å². The smallest absolute Gasteiger partial charge is 0.220 e. The van der Waals surface area contributed by atoms with Gasteiger partial charge in [0.05, 0.1) is 6.54 Å². The van der Waals surface area contributed by atoms with E-state index >= 15 is 0 Å². The zero-order valence-electron chi connectivity index (χ0n) is 13.2. The summed E-state index contributed by atoms with van der Waals surface area (Å²) in [6.07, 6.45) is 0.409. The maximum Gasteiger partial charge on any atom is 0.220 e. The highest BCUT2D eigenvalue weighted by Crippen LogP contribution is 2.11. The molecule has 2 aromatic carbocycles. The number of rotatable bonds is 8. The number of hydrogen-bond donors (Lipinski definition) is 1. The summed E-state index contributed by atoms with van der Waals surface area (Å²) in [6, 6.07) is 16.8. The molecular formula is C19H21NO3. The van der Waals surface area contributed by atoms with Crippen molar-refractivity contribution in [2.24, 2.45) is 0 Å². The average molecular weight is 311 g/mol. The summed E-state index contributed by atoms with van der Waals surface area (Å²) < 4.78 is 5.55. The first-order valence-electron chi connectivity index (χ1n) is 7.69. The Kier molecular flexibility index (Phi) is 6.36. The quantitative estimate of drug-likeness (QED) is 0.602. The van der Waals surface area contributed by atoms with Crippen LogP contribution in [-0.4, -0.2) is 24.8 Å². The van der Waals surface area contributed by atoms with Crippen molar-refractivity contribution >= 4 is 11.7 Å². The molecule has 23 heavy (non-hydrogen) atoms. The minimum atomic E-state index is -0.137. The Morgan fingerprint density at radius 1 is 1.00 bits per heavy atom. The van der Waals surface area contributed by atoms with E-state index in [1.165, 1.54) is 0 Å². The molecule has 0 spiro atoms. The Morgan fingerprint density at radius 3 is 2.52 bits per heavy atom. The minimum absolute atomic E-state index is 0.0169. The third-order valence-electron chi connectivity index (χ3n) is 3.36. The number of carbonyl (C=O) groups is 2. The number of hydrogen-bond acceptors (Lipinski definition) is 3. The molecule has 0 unspecified atom stereocenters. The van der Waals surface area contributed by atoms with Gasteiger partial charge >= 0.3 is 0 Å². The molecule has 2 rings (SSSR count). The second-order valence-corrected chi connectivity index (χ2v) is 5.30. The van der Waals surface area contributed by atoms with Gasteiger partial charge in [-0.15, -0.1) is 0 Å². The lowest BCUT2D eigenvalue weighted by molar-refractivity contribution is -0.121. The first-order valence-corrected chi connectivity index (χ1v) is 7.69. The number of ether oxygens (including phenoxy) is 1. The van der Waals surface area contributed by atoms with E-state index in [2.05, 4.69) is 5.32 Å². The van der Waals surface area contributed by atoms with Crippen molar-refractivity contribution in [1.29, 1.82) is 0 Å². The highest BCUT2D eigenvalue weighted by molar-refractivity contribution is 5.97. The SMILES string of the molecule is Cc1cccc(OCCNC(=O)CCC(=O)c2ccccc2)c1. The number of benzene rings is 2. The molecule has 0 aliphatic rings. The van der Waals surface area contributed by atoms with Crippen LogP contribution in [0.3, 0.4) is 0 Å². The topological polar surface area (TPSA) is 55.4 Å². The Labute approximate surface area is 136 Å². The molecular weight excluding hydrogens is 290 g/mol. The molecule has 1 amide bonds. The van der Waals surface area contributed by atoms with Crippen LogP contribution < -0.4 is 10.1 Å². The lowest BCUT2D eigenvalue weighted by atomic mass is 10.1. The molecule has 0 saturated carbocycles. The predicted octanol–water partition coefficient (Wildman–Crippen LogP) is 3.15. The van der Waals surface area contributed by atoms with E-state index in [1.807, 2.05) is 49.4 Å². The molecule has 2 aromatic rings. The molecule has 1 N–H and O–H groups in total. The van der Waals surface area contributed by atoms with E-state index in [0.717, 1.165) is 11.3 Å². The maximum atomic E-state index is 11.9. The fourth-order valence-electron chi connectivity index (χ4n) is 2.15. The van der Waals surface area contributed by atoms with Crippen molar-refractivity contribution < 1.29 is 14.3 Å². The van der Waals surface area contributed by atoms with Gasteiger partial charge in [0.1, 0.15) is 12.4 Å². The molecule has 4 heteroatoms. The molecule has 0 fully saturated rings. The molecule has 0 bridgehead atoms. The number of ketones is 1. The monoisotopic (exact) mass is 311 g/mol. The van der Waals surface area contributed by atoms with E-state index in [4.69, 9.17) is 4.74 Å². The first-order chi connectivity index (χ1) is 11.1. The molecule has 0 aliphatic carbocycles. The standard InChI is InChI=1S/C19H21NO3/c1-15-6-5-9-17(14-15)23-13-12-20-19(22)11-10-18(21)16-7-3-2-4-8-16/h2-9,14H,10-13H2,1H3,(H,20,22). The summed E-state index contributed by atoms with van der Waals surface area (Å²) in [7, 11) is 0. The zero-order valence-corrected chi connectivity index (χ0v) is 13.2. The second-order valence-electron chi connectivity index (χ2n) is 5.30. The van der Waals surface area contributed by atoms with Gasteiger partial charge in [-0.2, -0.15) is 0 Å². The van der Waals surface area contributed by atoms with Crippen molar-refractivity contribution in [3.8, 4) is 5.75 Å². The minimum Gasteiger partial charge on any atom is -0.492 e. The summed E-state index contributed by atoms with van der Waals surface area (Å²) in [4.78, 5) is 23.6. The Hall–Kier alpha value is -2.62. The highest BCUT2D eigenvalue weighted by atomic mass is 16.5. The van der Waals surface area contributed by atoms with Gasteiger partial charge in [0, 0.05) is 18.4 Å². The number of carbonyl (C=O) groups excluding carboxylic acids is 2. The lowest BCUT2D eigenvalue weighted by Crippen LogP contribution is -2.28. The van der Waals surface area contributed by atoms with Gasteiger partial charge in [-0.1, -0.05) is 42.5 Å². The zero-order chi connectivity index (χ0) is 16.5. The molecule has 4 nitrogen and oxygen atoms in total. The van der Waals surface area contributed by atoms with Crippen molar-refractivity contribution in [2.45, 2.75) is 19.8 Å². The first kappa shape index (κ1) is 16.7. The summed E-state index contributed by atoms with van der Waals surface area (Å²) >= 11 is 0. The van der Waals surface area contributed by atoms with Crippen molar-refractivity contribution in [3.63, 3.8) is 0 Å². The van der Waals surface area contributed by atoms with Crippen molar-refractivity contribution in [3.05, 3.63) is 65.7 Å². The predicted molar refractivity (Wildman–Crippen MR) is 89.7 cm³/mol. The molecule has 0 saturated heterocycles. The summed E-state index contributed by atoms with van der Waals surface area (Å²) in [5.74, 6) is 0.636. The fraction of sp³-hybridized carbons (Fsp3) is 0.263. The van der Waals surface area contributed by atoms with E-state index in [1.54, 1.807) is 12.1 Å². The van der Waals surface area contributed by atoms with Crippen LogP contribution in [0, 0.1) is 6.92 Å². The molecule has 0 heterocycles. The maximum absolute atomic E-state index is 11.9. The van der Waals surface area contributed by atoms with Crippen molar-refractivity contribution in [2.75, 3.05) is 13.2 Å². The van der Waals surface area contributed by atoms with Crippen LogP contribution in [-0.2, 0) is 4.79 Å². The Morgan fingerprint density at radius 2 is 1.78 bits per heavy atom. The summed E-state index contributed by atoms with van der Waals surface area (Å²) in [6.45, 7) is 2.83. The number of aryl methyl sites for hydroxylation is 1. The molecule has 0 radical (unpaired) electrons. The Balaban J connectivity index is 1.63. The molecule has 120 valence electrons. The van der Waals surface area contributed by atoms with Gasteiger partial charge in [0.2, 0.25) is 5.91 Å². The molecule has 0 aliphatic heterocycles. The van der Waals surface area contributed by atoms with Crippen LogP contribution >= 0.6 is 0 Å². The lowest BCUT2D eigenvalue weighted by Gasteiger charge is -2.08. The van der Waals surface area contributed by atoms with E-state index < -0.39 is 0 Å². The van der Waals surface area contributed by atoms with Crippen LogP contribution in [0.5, 0.6) is 5.75 Å². The average Bonchev–Trinajstić information content (AvgIpc) is 2.57. The van der Waals surface area contributed by atoms with E-state index in [9.17, 15) is 9.59 Å². The number of nitrogens with one attached hydrogen (secondary N) is 1. The van der Waals surface area contributed by atoms with Gasteiger partial charge in [-0.25, -0.2) is 0 Å². The third-order valence-corrected chi connectivity index (χ3v) is 3.36. The third kappa shape index (κ3) is 5.94. The fourth-order valence-corrected chi connectivity index (χ4v) is 2.15. The second kappa shape index (κ2) is 8.73. The van der Waals surface area contributed by atoms with Crippen molar-refractivity contribution in [1.82, 2.24) is 5.32 Å². The number of amides is 1. The van der Waals surface area contributed by atoms with E-state index in [-0.39, 0.29) is 24.5 Å². The van der Waals surface area contributed by atoms with Crippen LogP contribution in [0.4, 0.5) is 0 Å². The van der Waals surface area contributed by atoms with Gasteiger partial charge in [-0.3, -0.25) is 9.59 Å². The summed E-state index contributed by atoms with van der Waals surface area (Å²) in [5.41, 5.74) is 1.77. The van der Waals surface area contributed by atoms with Gasteiger partial charge in [0.25, 0.3) is 0 Å². The largest absolute Gasteiger partial charge is 0.492 e. The molecule has 0 aromatic heterocycles. The Bertz CT molecular complexity index is 653. The van der Waals surface area contributed by atoms with Crippen LogP contribution in [0.2, 0.25) is 0 Å². The van der Waals surface area contributed by atoms with Crippen LogP contribution in [0.1, 0.15) is 28.8 Å². The summed E-state index contributed by atoms with van der Waals surface area (Å²) in [5, 5.41) is 2.76. The van der Waals surface area contributed by atoms with Gasteiger partial charge in [-0.05, 0) is 24.6 Å². The number of Topliss-reactive ketones (excluding diaryl/α,β-unsaturated/α-hetero) is 1. The highest BCUT2D eigenvalue weighted by Gasteiger charge is 2.08. The van der Waals surface area contributed by atoms with Gasteiger partial charge < -0.3 is 10.1 Å². The van der Waals surface area contributed by atoms with Gasteiger partial charge in [0.15, 0.2) is 5.78 Å². The van der Waals surface area contributed by atoms with Crippen LogP contribution in [0.25, 0.3) is 0 Å².